The number of hydrogen-bond acceptors (Lipinski definition) is 5. The SMILES string of the molecule is O=C(CCn1c(=S)[nH]c2ccccc2c1=O)NNC(=O)c1cc2c(s1)CCCCC2. The highest BCUT2D eigenvalue weighted by atomic mass is 32.1. The fraction of sp³-hybridized carbons (Fsp3) is 0.333. The maximum Gasteiger partial charge on any atom is 0.279 e. The van der Waals surface area contributed by atoms with E-state index in [-0.39, 0.29) is 29.2 Å². The lowest BCUT2D eigenvalue weighted by Gasteiger charge is -2.09. The van der Waals surface area contributed by atoms with E-state index in [2.05, 4.69) is 15.8 Å². The van der Waals surface area contributed by atoms with Gasteiger partial charge in [0.25, 0.3) is 11.5 Å². The number of para-hydroxylation sites is 1. The van der Waals surface area contributed by atoms with Crippen LogP contribution in [0.2, 0.25) is 0 Å². The van der Waals surface area contributed by atoms with Crippen molar-refractivity contribution in [1.82, 2.24) is 20.4 Å². The Balaban J connectivity index is 1.36. The smallest absolute Gasteiger partial charge is 0.279 e. The third-order valence-electron chi connectivity index (χ3n) is 5.24. The number of hydrazine groups is 1. The van der Waals surface area contributed by atoms with Crippen LogP contribution >= 0.6 is 23.6 Å². The molecule has 2 aromatic heterocycles. The summed E-state index contributed by atoms with van der Waals surface area (Å²) in [5.41, 5.74) is 6.56. The first kappa shape index (κ1) is 20.5. The number of benzene rings is 1. The first-order valence-corrected chi connectivity index (χ1v) is 11.2. The molecule has 30 heavy (non-hydrogen) atoms. The summed E-state index contributed by atoms with van der Waals surface area (Å²) in [6, 6.07) is 9.02. The van der Waals surface area contributed by atoms with Crippen molar-refractivity contribution in [3.05, 3.63) is 60.8 Å². The maximum atomic E-state index is 12.6. The summed E-state index contributed by atoms with van der Waals surface area (Å²) < 4.78 is 1.62. The zero-order chi connectivity index (χ0) is 21.1. The minimum absolute atomic E-state index is 0.0109. The molecule has 2 heterocycles. The Morgan fingerprint density at radius 3 is 2.80 bits per heavy atom. The lowest BCUT2D eigenvalue weighted by molar-refractivity contribution is -0.122. The molecule has 0 radical (unpaired) electrons. The Bertz CT molecular complexity index is 1200. The molecule has 156 valence electrons. The number of aromatic nitrogens is 2. The largest absolute Gasteiger partial charge is 0.332 e. The maximum absolute atomic E-state index is 12.6. The van der Waals surface area contributed by atoms with Gasteiger partial charge in [-0.3, -0.25) is 29.8 Å². The highest BCUT2D eigenvalue weighted by Crippen LogP contribution is 2.28. The molecule has 7 nitrogen and oxygen atoms in total. The lowest BCUT2D eigenvalue weighted by Crippen LogP contribution is -2.42. The van der Waals surface area contributed by atoms with Gasteiger partial charge in [0.2, 0.25) is 5.91 Å². The van der Waals surface area contributed by atoms with Crippen molar-refractivity contribution in [3.8, 4) is 0 Å². The Hall–Kier alpha value is -2.78. The molecule has 0 bridgehead atoms. The van der Waals surface area contributed by atoms with Crippen LogP contribution in [0.25, 0.3) is 10.9 Å². The normalized spacial score (nSPS) is 13.5. The molecule has 9 heteroatoms. The second kappa shape index (κ2) is 8.93. The van der Waals surface area contributed by atoms with Crippen LogP contribution in [0, 0.1) is 4.77 Å². The summed E-state index contributed by atoms with van der Waals surface area (Å²) in [4.78, 5) is 42.1. The molecule has 0 aliphatic heterocycles. The van der Waals surface area contributed by atoms with Gasteiger partial charge in [-0.1, -0.05) is 18.6 Å². The predicted molar refractivity (Wildman–Crippen MR) is 119 cm³/mol. The van der Waals surface area contributed by atoms with E-state index in [1.807, 2.05) is 12.1 Å². The molecule has 1 aliphatic carbocycles. The van der Waals surface area contributed by atoms with Gasteiger partial charge in [-0.2, -0.15) is 0 Å². The summed E-state index contributed by atoms with van der Waals surface area (Å²) in [5, 5.41) is 0.511. The van der Waals surface area contributed by atoms with E-state index < -0.39 is 5.91 Å². The van der Waals surface area contributed by atoms with E-state index in [0.717, 1.165) is 25.7 Å². The molecule has 0 atom stereocenters. The Kier molecular flexibility index (Phi) is 6.10. The average Bonchev–Trinajstić information content (AvgIpc) is 3.02. The first-order valence-electron chi connectivity index (χ1n) is 9.95. The Morgan fingerprint density at radius 1 is 1.13 bits per heavy atom. The molecule has 3 aromatic rings. The minimum atomic E-state index is -0.393. The third kappa shape index (κ3) is 4.36. The highest BCUT2D eigenvalue weighted by molar-refractivity contribution is 7.71. The van der Waals surface area contributed by atoms with Gasteiger partial charge in [0.1, 0.15) is 0 Å². The second-order valence-corrected chi connectivity index (χ2v) is 8.83. The number of nitrogens with one attached hydrogen (secondary N) is 3. The number of thiophene rings is 1. The van der Waals surface area contributed by atoms with Crippen molar-refractivity contribution in [2.24, 2.45) is 0 Å². The van der Waals surface area contributed by atoms with E-state index in [4.69, 9.17) is 12.2 Å². The van der Waals surface area contributed by atoms with Gasteiger partial charge >= 0.3 is 0 Å². The van der Waals surface area contributed by atoms with Gasteiger partial charge in [0, 0.05) is 17.8 Å². The van der Waals surface area contributed by atoms with Crippen molar-refractivity contribution in [2.75, 3.05) is 0 Å². The number of amides is 2. The van der Waals surface area contributed by atoms with Crippen LogP contribution in [-0.2, 0) is 24.2 Å². The molecule has 1 aromatic carbocycles. The monoisotopic (exact) mass is 442 g/mol. The van der Waals surface area contributed by atoms with E-state index in [1.165, 1.54) is 32.8 Å². The Morgan fingerprint density at radius 2 is 1.93 bits per heavy atom. The lowest BCUT2D eigenvalue weighted by atomic mass is 10.1. The summed E-state index contributed by atoms with van der Waals surface area (Å²) in [7, 11) is 0. The van der Waals surface area contributed by atoms with Crippen LogP contribution in [-0.4, -0.2) is 21.4 Å². The number of hydrogen-bond donors (Lipinski definition) is 3. The summed E-state index contributed by atoms with van der Waals surface area (Å²) >= 11 is 6.75. The number of carbonyl (C=O) groups excluding carboxylic acids is 2. The van der Waals surface area contributed by atoms with Crippen LogP contribution < -0.4 is 16.4 Å². The van der Waals surface area contributed by atoms with Crippen LogP contribution in [0.5, 0.6) is 0 Å². The highest BCUT2D eigenvalue weighted by Gasteiger charge is 2.17. The quantitative estimate of drug-likeness (QED) is 0.328. The van der Waals surface area contributed by atoms with Crippen molar-refractivity contribution < 1.29 is 9.59 Å². The standard InChI is InChI=1S/C21H22N4O3S2/c26-18(10-11-25-20(28)14-7-4-5-8-15(14)22-21(25)29)23-24-19(27)17-12-13-6-2-1-3-9-16(13)30-17/h4-5,7-8,12H,1-3,6,9-11H2,(H,22,29)(H,23,26)(H,24,27). The molecule has 3 N–H and O–H groups in total. The molecule has 4 rings (SSSR count). The summed E-state index contributed by atoms with van der Waals surface area (Å²) in [5.74, 6) is -0.711. The van der Waals surface area contributed by atoms with Gasteiger partial charge in [0.15, 0.2) is 4.77 Å². The zero-order valence-electron chi connectivity index (χ0n) is 16.3. The fourth-order valence-electron chi connectivity index (χ4n) is 3.65. The fourth-order valence-corrected chi connectivity index (χ4v) is 5.08. The number of H-pyrrole nitrogens is 1. The average molecular weight is 443 g/mol. The Labute approximate surface area is 182 Å². The molecular weight excluding hydrogens is 420 g/mol. The molecular formula is C21H22N4O3S2. The number of aromatic amines is 1. The van der Waals surface area contributed by atoms with Gasteiger partial charge in [-0.15, -0.1) is 11.3 Å². The molecule has 1 aliphatic rings. The molecule has 0 spiro atoms. The topological polar surface area (TPSA) is 96.0 Å². The van der Waals surface area contributed by atoms with Gasteiger partial charge in [-0.05, 0) is 61.7 Å². The van der Waals surface area contributed by atoms with E-state index in [9.17, 15) is 14.4 Å². The van der Waals surface area contributed by atoms with Crippen molar-refractivity contribution in [3.63, 3.8) is 0 Å². The van der Waals surface area contributed by atoms with Crippen LogP contribution in [0.15, 0.2) is 35.1 Å². The number of aryl methyl sites for hydroxylation is 2. The molecule has 0 saturated carbocycles. The van der Waals surface area contributed by atoms with Gasteiger partial charge in [0.05, 0.1) is 15.8 Å². The van der Waals surface area contributed by atoms with Crippen molar-refractivity contribution >= 4 is 46.3 Å². The summed E-state index contributed by atoms with van der Waals surface area (Å²) in [6.45, 7) is 0.119. The van der Waals surface area contributed by atoms with Crippen LogP contribution in [0.1, 0.15) is 45.8 Å². The van der Waals surface area contributed by atoms with Crippen molar-refractivity contribution in [1.29, 1.82) is 0 Å². The van der Waals surface area contributed by atoms with Gasteiger partial charge < -0.3 is 4.98 Å². The van der Waals surface area contributed by atoms with Gasteiger partial charge in [-0.25, -0.2) is 0 Å². The predicted octanol–water partition coefficient (Wildman–Crippen LogP) is 3.24. The number of nitrogens with zero attached hydrogens (tertiary/aromatic N) is 1. The summed E-state index contributed by atoms with van der Waals surface area (Å²) in [6.07, 6.45) is 5.56. The molecule has 2 amide bonds. The van der Waals surface area contributed by atoms with Crippen LogP contribution in [0.3, 0.4) is 0 Å². The van der Waals surface area contributed by atoms with Crippen LogP contribution in [0.4, 0.5) is 0 Å². The third-order valence-corrected chi connectivity index (χ3v) is 6.80. The number of carbonyl (C=O) groups is 2. The molecule has 0 fully saturated rings. The number of rotatable bonds is 4. The van der Waals surface area contributed by atoms with E-state index in [1.54, 1.807) is 18.2 Å². The van der Waals surface area contributed by atoms with Crippen molar-refractivity contribution in [2.45, 2.75) is 45.1 Å². The van der Waals surface area contributed by atoms with E-state index >= 15 is 0 Å². The first-order chi connectivity index (χ1) is 14.5. The van der Waals surface area contributed by atoms with E-state index in [0.29, 0.717) is 15.8 Å². The second-order valence-electron chi connectivity index (χ2n) is 7.30. The molecule has 0 saturated heterocycles. The zero-order valence-corrected chi connectivity index (χ0v) is 18.0. The number of fused-ring (bicyclic) bond motifs is 2. The molecule has 0 unspecified atom stereocenters. The minimum Gasteiger partial charge on any atom is -0.332 e.